The summed E-state index contributed by atoms with van der Waals surface area (Å²) in [5.74, 6) is 0.144. The lowest BCUT2D eigenvalue weighted by molar-refractivity contribution is 0.247. The summed E-state index contributed by atoms with van der Waals surface area (Å²) in [6, 6.07) is 14.2. The Kier molecular flexibility index (Phi) is 5.96. The fraction of sp³-hybridized carbons (Fsp3) is 0.304. The second-order valence-electron chi connectivity index (χ2n) is 7.89. The van der Waals surface area contributed by atoms with Gasteiger partial charge in [-0.3, -0.25) is 9.88 Å². The molecule has 2 aromatic carbocycles. The molecule has 1 aliphatic heterocycles. The Balaban J connectivity index is 1.13. The van der Waals surface area contributed by atoms with Gasteiger partial charge in [0.15, 0.2) is 0 Å². The van der Waals surface area contributed by atoms with E-state index in [2.05, 4.69) is 42.3 Å². The van der Waals surface area contributed by atoms with Crippen LogP contribution >= 0.6 is 11.6 Å². The van der Waals surface area contributed by atoms with E-state index in [0.29, 0.717) is 23.0 Å². The third-order valence-electron chi connectivity index (χ3n) is 5.76. The van der Waals surface area contributed by atoms with Crippen LogP contribution in [0.5, 0.6) is 0 Å². The number of anilines is 1. The lowest BCUT2D eigenvalue weighted by atomic mass is 10.1. The topological polar surface area (TPSA) is 63.0 Å². The van der Waals surface area contributed by atoms with Crippen molar-refractivity contribution in [3.8, 4) is 11.4 Å². The Bertz CT molecular complexity index is 1220. The molecule has 0 spiro atoms. The molecule has 0 saturated carbocycles. The van der Waals surface area contributed by atoms with Crippen molar-refractivity contribution in [2.45, 2.75) is 13.0 Å². The molecule has 1 saturated heterocycles. The fourth-order valence-electron chi connectivity index (χ4n) is 4.11. The minimum Gasteiger partial charge on any atom is -0.368 e. The van der Waals surface area contributed by atoms with Crippen molar-refractivity contribution in [3.05, 3.63) is 65.6 Å². The SMILES string of the molecule is Fc1cccc(-c2nnn(CCCN3CCN(c4ccnc5cc(Cl)ccc45)CC3)n2)c1. The third kappa shape index (κ3) is 4.56. The maximum absolute atomic E-state index is 13.4. The van der Waals surface area contributed by atoms with Gasteiger partial charge in [0.05, 0.1) is 12.1 Å². The molecule has 1 fully saturated rings. The first kappa shape index (κ1) is 20.8. The summed E-state index contributed by atoms with van der Waals surface area (Å²) < 4.78 is 13.4. The number of hydrogen-bond acceptors (Lipinski definition) is 6. The Morgan fingerprint density at radius 1 is 0.969 bits per heavy atom. The zero-order chi connectivity index (χ0) is 21.9. The van der Waals surface area contributed by atoms with Gasteiger partial charge in [0.1, 0.15) is 5.82 Å². The highest BCUT2D eigenvalue weighted by molar-refractivity contribution is 6.31. The quantitative estimate of drug-likeness (QED) is 0.443. The zero-order valence-electron chi connectivity index (χ0n) is 17.5. The van der Waals surface area contributed by atoms with Gasteiger partial charge in [-0.2, -0.15) is 4.80 Å². The highest BCUT2D eigenvalue weighted by atomic mass is 35.5. The molecule has 2 aromatic heterocycles. The van der Waals surface area contributed by atoms with E-state index in [4.69, 9.17) is 11.6 Å². The van der Waals surface area contributed by atoms with Crippen molar-refractivity contribution in [3.63, 3.8) is 0 Å². The van der Waals surface area contributed by atoms with Crippen molar-refractivity contribution in [2.75, 3.05) is 37.6 Å². The van der Waals surface area contributed by atoms with E-state index < -0.39 is 0 Å². The zero-order valence-corrected chi connectivity index (χ0v) is 18.3. The molecule has 0 atom stereocenters. The monoisotopic (exact) mass is 451 g/mol. The molecule has 4 aromatic rings. The van der Waals surface area contributed by atoms with Crippen LogP contribution in [0.3, 0.4) is 0 Å². The number of pyridine rings is 1. The van der Waals surface area contributed by atoms with E-state index in [-0.39, 0.29) is 5.82 Å². The van der Waals surface area contributed by atoms with Crippen LogP contribution in [0.1, 0.15) is 6.42 Å². The number of halogens is 2. The molecule has 9 heteroatoms. The summed E-state index contributed by atoms with van der Waals surface area (Å²) in [4.78, 5) is 10.9. The second kappa shape index (κ2) is 9.18. The summed E-state index contributed by atoms with van der Waals surface area (Å²) in [7, 11) is 0. The van der Waals surface area contributed by atoms with Gasteiger partial charge in [0.2, 0.25) is 5.82 Å². The Hall–Kier alpha value is -3.10. The van der Waals surface area contributed by atoms with E-state index >= 15 is 0 Å². The molecule has 0 N–H and O–H groups in total. The largest absolute Gasteiger partial charge is 0.368 e. The number of piperazine rings is 1. The first-order valence-electron chi connectivity index (χ1n) is 10.7. The Morgan fingerprint density at radius 3 is 2.69 bits per heavy atom. The first-order valence-corrected chi connectivity index (χ1v) is 11.1. The number of rotatable bonds is 6. The Morgan fingerprint density at radius 2 is 1.84 bits per heavy atom. The minimum atomic E-state index is -0.304. The van der Waals surface area contributed by atoms with Crippen LogP contribution in [0.4, 0.5) is 10.1 Å². The van der Waals surface area contributed by atoms with Crippen LogP contribution in [0.2, 0.25) is 5.02 Å². The summed E-state index contributed by atoms with van der Waals surface area (Å²) in [6.45, 7) is 5.57. The molecule has 7 nitrogen and oxygen atoms in total. The van der Waals surface area contributed by atoms with Crippen molar-refractivity contribution in [1.29, 1.82) is 0 Å². The number of nitrogens with zero attached hydrogens (tertiary/aromatic N) is 7. The molecule has 164 valence electrons. The molecule has 0 bridgehead atoms. The van der Waals surface area contributed by atoms with Crippen LogP contribution in [0.15, 0.2) is 54.7 Å². The van der Waals surface area contributed by atoms with Crippen molar-refractivity contribution >= 4 is 28.2 Å². The van der Waals surface area contributed by atoms with Gasteiger partial charge in [-0.25, -0.2) is 4.39 Å². The number of fused-ring (bicyclic) bond motifs is 1. The van der Waals surface area contributed by atoms with E-state index in [0.717, 1.165) is 50.0 Å². The van der Waals surface area contributed by atoms with Crippen LogP contribution in [-0.4, -0.2) is 62.8 Å². The van der Waals surface area contributed by atoms with Crippen molar-refractivity contribution in [2.24, 2.45) is 0 Å². The molecule has 32 heavy (non-hydrogen) atoms. The maximum atomic E-state index is 13.4. The molecule has 0 amide bonds. The number of aromatic nitrogens is 5. The van der Waals surface area contributed by atoms with Crippen LogP contribution in [0, 0.1) is 5.82 Å². The van der Waals surface area contributed by atoms with Crippen LogP contribution in [0.25, 0.3) is 22.3 Å². The highest BCUT2D eigenvalue weighted by Crippen LogP contribution is 2.28. The van der Waals surface area contributed by atoms with E-state index in [1.54, 1.807) is 16.9 Å². The van der Waals surface area contributed by atoms with E-state index in [1.165, 1.54) is 17.8 Å². The average Bonchev–Trinajstić information content (AvgIpc) is 3.28. The molecular weight excluding hydrogens is 429 g/mol. The Labute approximate surface area is 190 Å². The molecule has 1 aliphatic rings. The van der Waals surface area contributed by atoms with Crippen molar-refractivity contribution in [1.82, 2.24) is 30.1 Å². The molecule has 0 radical (unpaired) electrons. The highest BCUT2D eigenvalue weighted by Gasteiger charge is 2.19. The smallest absolute Gasteiger partial charge is 0.205 e. The van der Waals surface area contributed by atoms with E-state index in [9.17, 15) is 4.39 Å². The summed E-state index contributed by atoms with van der Waals surface area (Å²) in [5.41, 5.74) is 2.77. The van der Waals surface area contributed by atoms with Crippen LogP contribution < -0.4 is 4.90 Å². The first-order chi connectivity index (χ1) is 15.7. The molecule has 0 unspecified atom stereocenters. The summed E-state index contributed by atoms with van der Waals surface area (Å²) >= 11 is 6.12. The number of tetrazole rings is 1. The lowest BCUT2D eigenvalue weighted by Crippen LogP contribution is -2.46. The lowest BCUT2D eigenvalue weighted by Gasteiger charge is -2.36. The maximum Gasteiger partial charge on any atom is 0.205 e. The predicted octanol–water partition coefficient (Wildman–Crippen LogP) is 3.89. The fourth-order valence-corrected chi connectivity index (χ4v) is 4.28. The normalized spacial score (nSPS) is 14.9. The van der Waals surface area contributed by atoms with Crippen LogP contribution in [-0.2, 0) is 6.54 Å². The predicted molar refractivity (Wildman–Crippen MR) is 123 cm³/mol. The van der Waals surface area contributed by atoms with Gasteiger partial charge in [0, 0.05) is 60.6 Å². The molecule has 3 heterocycles. The molecule has 0 aliphatic carbocycles. The average molecular weight is 452 g/mol. The van der Waals surface area contributed by atoms with Gasteiger partial charge in [-0.05, 0) is 48.0 Å². The second-order valence-corrected chi connectivity index (χ2v) is 8.33. The number of aryl methyl sites for hydroxylation is 1. The van der Waals surface area contributed by atoms with Gasteiger partial charge in [-0.1, -0.05) is 23.7 Å². The number of benzene rings is 2. The molecular formula is C23H23ClFN7. The molecule has 5 rings (SSSR count). The number of hydrogen-bond donors (Lipinski definition) is 0. The van der Waals surface area contributed by atoms with Gasteiger partial charge in [0.25, 0.3) is 0 Å². The summed E-state index contributed by atoms with van der Waals surface area (Å²) in [6.07, 6.45) is 2.78. The van der Waals surface area contributed by atoms with Gasteiger partial charge in [-0.15, -0.1) is 10.2 Å². The minimum absolute atomic E-state index is 0.304. The standard InChI is InChI=1S/C23H23ClFN7/c24-18-5-6-20-21(16-18)26-8-7-22(20)31-13-11-30(12-14-31)9-2-10-32-28-23(27-29-32)17-3-1-4-19(25)15-17/h1,3-8,15-16H,2,9-14H2. The summed E-state index contributed by atoms with van der Waals surface area (Å²) in [5, 5.41) is 14.4. The third-order valence-corrected chi connectivity index (χ3v) is 6.00. The van der Waals surface area contributed by atoms with Gasteiger partial charge < -0.3 is 4.90 Å². The van der Waals surface area contributed by atoms with Crippen molar-refractivity contribution < 1.29 is 4.39 Å². The van der Waals surface area contributed by atoms with E-state index in [1.807, 2.05) is 18.3 Å². The van der Waals surface area contributed by atoms with Gasteiger partial charge >= 0.3 is 0 Å².